The molecule has 0 saturated heterocycles. The average molecular weight is 293 g/mol. The van der Waals surface area contributed by atoms with Gasteiger partial charge in [0.15, 0.2) is 0 Å². The molecule has 0 atom stereocenters. The Bertz CT molecular complexity index is 470. The molecule has 0 aliphatic carbocycles. The molecule has 0 radical (unpaired) electrons. The Balaban J connectivity index is 2.60. The second-order valence-electron chi connectivity index (χ2n) is 2.60. The van der Waals surface area contributed by atoms with Gasteiger partial charge in [-0.3, -0.25) is 0 Å². The van der Waals surface area contributed by atoms with Gasteiger partial charge in [0.2, 0.25) is 4.67 Å². The zero-order chi connectivity index (χ0) is 10.1. The zero-order valence-electron chi connectivity index (χ0n) is 6.80. The van der Waals surface area contributed by atoms with Crippen molar-refractivity contribution >= 4 is 39.1 Å². The molecule has 5 heteroatoms. The fraction of sp³-hybridized carbons (Fsp3) is 0. The number of nitrogens with zero attached hydrogens (tertiary/aromatic N) is 1. The highest BCUT2D eigenvalue weighted by molar-refractivity contribution is 9.10. The summed E-state index contributed by atoms with van der Waals surface area (Å²) in [6.07, 6.45) is 0. The smallest absolute Gasteiger partial charge is 0.221 e. The molecule has 0 unspecified atom stereocenters. The molecule has 0 bridgehead atoms. The summed E-state index contributed by atoms with van der Waals surface area (Å²) in [5.41, 5.74) is 1.30. The van der Waals surface area contributed by atoms with Gasteiger partial charge in [0.1, 0.15) is 10.7 Å². The van der Waals surface area contributed by atoms with Crippen molar-refractivity contribution in [2.75, 3.05) is 0 Å². The van der Waals surface area contributed by atoms with Crippen LogP contribution in [0.15, 0.2) is 33.5 Å². The molecule has 0 fully saturated rings. The first kappa shape index (κ1) is 10.0. The van der Waals surface area contributed by atoms with Gasteiger partial charge in [0, 0.05) is 5.56 Å². The monoisotopic (exact) mass is 291 g/mol. The number of rotatable bonds is 1. The van der Waals surface area contributed by atoms with Crippen molar-refractivity contribution in [1.29, 1.82) is 0 Å². The van der Waals surface area contributed by atoms with Crippen LogP contribution in [0.5, 0.6) is 0 Å². The molecule has 0 spiro atoms. The van der Waals surface area contributed by atoms with Crippen LogP contribution in [0.3, 0.4) is 0 Å². The van der Waals surface area contributed by atoms with Gasteiger partial charge in [0.25, 0.3) is 0 Å². The van der Waals surface area contributed by atoms with E-state index in [4.69, 9.17) is 27.7 Å². The Hall–Kier alpha value is -0.510. The topological polar surface area (TPSA) is 26.0 Å². The van der Waals surface area contributed by atoms with Crippen LogP contribution in [0, 0.1) is 0 Å². The number of hydrogen-bond donors (Lipinski definition) is 0. The van der Waals surface area contributed by atoms with Gasteiger partial charge in [-0.15, -0.1) is 0 Å². The molecular weight excluding hydrogens is 289 g/mol. The Kier molecular flexibility index (Phi) is 2.81. The van der Waals surface area contributed by atoms with E-state index in [1.807, 2.05) is 18.2 Å². The molecule has 2 aromatic rings. The summed E-state index contributed by atoms with van der Waals surface area (Å²) in [6.45, 7) is 0. The normalized spacial score (nSPS) is 10.5. The highest BCUT2D eigenvalue weighted by atomic mass is 79.9. The van der Waals surface area contributed by atoms with Crippen LogP contribution < -0.4 is 0 Å². The second-order valence-corrected chi connectivity index (χ2v) is 4.10. The van der Waals surface area contributed by atoms with Gasteiger partial charge >= 0.3 is 0 Å². The molecule has 1 aromatic carbocycles. The first-order chi connectivity index (χ1) is 6.70. The fourth-order valence-corrected chi connectivity index (χ4v) is 1.74. The quantitative estimate of drug-likeness (QED) is 0.778. The first-order valence-electron chi connectivity index (χ1n) is 3.75. The minimum absolute atomic E-state index is 0.411. The third kappa shape index (κ3) is 1.67. The van der Waals surface area contributed by atoms with Crippen molar-refractivity contribution in [2.45, 2.75) is 0 Å². The van der Waals surface area contributed by atoms with Gasteiger partial charge in [-0.1, -0.05) is 46.6 Å². The molecule has 14 heavy (non-hydrogen) atoms. The van der Waals surface area contributed by atoms with Crippen LogP contribution in [0.2, 0.25) is 10.0 Å². The highest BCUT2D eigenvalue weighted by Crippen LogP contribution is 2.36. The summed E-state index contributed by atoms with van der Waals surface area (Å²) in [4.78, 5) is 0. The van der Waals surface area contributed by atoms with Gasteiger partial charge < -0.3 is 4.52 Å². The van der Waals surface area contributed by atoms with E-state index in [-0.39, 0.29) is 0 Å². The molecule has 2 nitrogen and oxygen atoms in total. The highest BCUT2D eigenvalue weighted by Gasteiger charge is 2.15. The SMILES string of the molecule is Clc1ccccc1-c1noc(Br)c1Cl. The van der Waals surface area contributed by atoms with Crippen molar-refractivity contribution in [3.8, 4) is 11.3 Å². The molecule has 1 heterocycles. The van der Waals surface area contributed by atoms with E-state index in [1.165, 1.54) is 0 Å². The number of halogens is 3. The predicted molar refractivity (Wildman–Crippen MR) is 59.7 cm³/mol. The molecular formula is C9H4BrCl2NO. The summed E-state index contributed by atoms with van der Waals surface area (Å²) in [5.74, 6) is 0. The van der Waals surface area contributed by atoms with Crippen molar-refractivity contribution in [2.24, 2.45) is 0 Å². The van der Waals surface area contributed by atoms with Crippen LogP contribution in [-0.2, 0) is 0 Å². The van der Waals surface area contributed by atoms with Gasteiger partial charge in [-0.25, -0.2) is 0 Å². The van der Waals surface area contributed by atoms with E-state index in [2.05, 4.69) is 21.1 Å². The Morgan fingerprint density at radius 3 is 2.50 bits per heavy atom. The van der Waals surface area contributed by atoms with Crippen molar-refractivity contribution < 1.29 is 4.52 Å². The third-order valence-electron chi connectivity index (χ3n) is 1.73. The summed E-state index contributed by atoms with van der Waals surface area (Å²) < 4.78 is 5.29. The number of benzene rings is 1. The lowest BCUT2D eigenvalue weighted by atomic mass is 10.1. The molecule has 1 aromatic heterocycles. The fourth-order valence-electron chi connectivity index (χ4n) is 1.08. The minimum Gasteiger partial charge on any atom is -0.347 e. The molecule has 2 rings (SSSR count). The molecule has 0 aliphatic rings. The van der Waals surface area contributed by atoms with E-state index in [0.29, 0.717) is 20.4 Å². The lowest BCUT2D eigenvalue weighted by Gasteiger charge is -1.98. The standard InChI is InChI=1S/C9H4BrCl2NO/c10-9-7(12)8(13-14-9)5-3-1-2-4-6(5)11/h1-4H. The van der Waals surface area contributed by atoms with Crippen LogP contribution >= 0.6 is 39.1 Å². The van der Waals surface area contributed by atoms with Gasteiger partial charge in [-0.2, -0.15) is 0 Å². The van der Waals surface area contributed by atoms with E-state index in [0.717, 1.165) is 5.56 Å². The first-order valence-corrected chi connectivity index (χ1v) is 5.30. The maximum Gasteiger partial charge on any atom is 0.221 e. The van der Waals surface area contributed by atoms with E-state index < -0.39 is 0 Å². The predicted octanol–water partition coefficient (Wildman–Crippen LogP) is 4.41. The Morgan fingerprint density at radius 1 is 1.21 bits per heavy atom. The maximum atomic E-state index is 5.98. The Labute approximate surface area is 98.9 Å². The summed E-state index contributed by atoms with van der Waals surface area (Å²) >= 11 is 15.1. The molecule has 72 valence electrons. The lowest BCUT2D eigenvalue weighted by molar-refractivity contribution is 0.402. The van der Waals surface area contributed by atoms with E-state index in [1.54, 1.807) is 6.07 Å². The van der Waals surface area contributed by atoms with Crippen LogP contribution in [0.1, 0.15) is 0 Å². The van der Waals surface area contributed by atoms with E-state index in [9.17, 15) is 0 Å². The second kappa shape index (κ2) is 3.93. The summed E-state index contributed by atoms with van der Waals surface area (Å²) in [6, 6.07) is 7.31. The average Bonchev–Trinajstić information content (AvgIpc) is 2.49. The zero-order valence-corrected chi connectivity index (χ0v) is 9.90. The minimum atomic E-state index is 0.411. The molecule has 0 amide bonds. The van der Waals surface area contributed by atoms with Gasteiger partial charge in [0.05, 0.1) is 5.02 Å². The van der Waals surface area contributed by atoms with Crippen LogP contribution in [0.25, 0.3) is 11.3 Å². The van der Waals surface area contributed by atoms with Crippen LogP contribution in [-0.4, -0.2) is 5.16 Å². The van der Waals surface area contributed by atoms with Crippen molar-refractivity contribution in [3.63, 3.8) is 0 Å². The van der Waals surface area contributed by atoms with Crippen molar-refractivity contribution in [3.05, 3.63) is 39.0 Å². The summed E-state index contributed by atoms with van der Waals surface area (Å²) in [5, 5.41) is 4.83. The maximum absolute atomic E-state index is 5.98. The van der Waals surface area contributed by atoms with Crippen molar-refractivity contribution in [1.82, 2.24) is 5.16 Å². The lowest BCUT2D eigenvalue weighted by Crippen LogP contribution is -1.79. The third-order valence-corrected chi connectivity index (χ3v) is 3.18. The largest absolute Gasteiger partial charge is 0.347 e. The van der Waals surface area contributed by atoms with Crippen LogP contribution in [0.4, 0.5) is 0 Å². The molecule has 0 saturated carbocycles. The molecule has 0 aliphatic heterocycles. The summed E-state index contributed by atoms with van der Waals surface area (Å²) in [7, 11) is 0. The Morgan fingerprint density at radius 2 is 1.93 bits per heavy atom. The van der Waals surface area contributed by atoms with E-state index >= 15 is 0 Å². The molecule has 0 N–H and O–H groups in total. The number of aromatic nitrogens is 1. The van der Waals surface area contributed by atoms with Gasteiger partial charge in [-0.05, 0) is 22.0 Å². The number of hydrogen-bond acceptors (Lipinski definition) is 2.